The molecule has 5 heteroatoms. The van der Waals surface area contributed by atoms with Crippen LogP contribution in [0, 0.1) is 5.92 Å². The normalized spacial score (nSPS) is 13.2. The molecular weight excluding hydrogens is 222 g/mol. The minimum atomic E-state index is -1.10. The number of carbonyl (C=O) groups is 2. The van der Waals surface area contributed by atoms with E-state index in [1.807, 2.05) is 13.8 Å². The summed E-state index contributed by atoms with van der Waals surface area (Å²) >= 11 is 0. The Labute approximate surface area is 103 Å². The number of hydrogen-bond donors (Lipinski definition) is 0. The van der Waals surface area contributed by atoms with Crippen LogP contribution in [0.2, 0.25) is 0 Å². The van der Waals surface area contributed by atoms with E-state index in [4.69, 9.17) is 4.74 Å². The van der Waals surface area contributed by atoms with E-state index in [1.165, 1.54) is 0 Å². The largest absolute Gasteiger partial charge is 0.544 e. The highest BCUT2D eigenvalue weighted by Gasteiger charge is 2.18. The van der Waals surface area contributed by atoms with Gasteiger partial charge in [-0.15, -0.1) is 0 Å². The molecule has 1 atom stereocenters. The van der Waals surface area contributed by atoms with Crippen molar-refractivity contribution in [3.8, 4) is 0 Å². The van der Waals surface area contributed by atoms with Gasteiger partial charge in [-0.1, -0.05) is 20.3 Å². The van der Waals surface area contributed by atoms with Gasteiger partial charge in [-0.25, -0.2) is 0 Å². The average molecular weight is 245 g/mol. The van der Waals surface area contributed by atoms with Gasteiger partial charge in [0.25, 0.3) is 0 Å². The van der Waals surface area contributed by atoms with Gasteiger partial charge < -0.3 is 19.1 Å². The molecule has 0 aliphatic rings. The molecule has 0 rings (SSSR count). The minimum Gasteiger partial charge on any atom is -0.544 e. The Balaban J connectivity index is 3.90. The molecule has 17 heavy (non-hydrogen) atoms. The van der Waals surface area contributed by atoms with Gasteiger partial charge in [-0.05, 0) is 6.42 Å². The lowest BCUT2D eigenvalue weighted by Gasteiger charge is -2.29. The van der Waals surface area contributed by atoms with Crippen LogP contribution >= 0.6 is 0 Å². The van der Waals surface area contributed by atoms with Crippen LogP contribution in [0.1, 0.15) is 26.7 Å². The van der Waals surface area contributed by atoms with Crippen LogP contribution in [0.25, 0.3) is 0 Å². The summed E-state index contributed by atoms with van der Waals surface area (Å²) in [5, 5.41) is 10.5. The number of nitrogens with zero attached hydrogens (tertiary/aromatic N) is 1. The number of aliphatic carboxylic acids is 1. The summed E-state index contributed by atoms with van der Waals surface area (Å²) < 4.78 is 5.35. The van der Waals surface area contributed by atoms with Gasteiger partial charge in [0, 0.05) is 0 Å². The fourth-order valence-electron chi connectivity index (χ4n) is 1.52. The predicted octanol–water partition coefficient (Wildman–Crippen LogP) is -0.208. The number of carboxylic acid groups (broad SMARTS) is 1. The minimum absolute atomic E-state index is 0.0813. The zero-order valence-electron chi connectivity index (χ0n) is 11.2. The first-order chi connectivity index (χ1) is 7.78. The molecule has 0 amide bonds. The second-order valence-corrected chi connectivity index (χ2v) is 5.05. The molecule has 0 N–H and O–H groups in total. The van der Waals surface area contributed by atoms with E-state index in [-0.39, 0.29) is 29.5 Å². The zero-order valence-corrected chi connectivity index (χ0v) is 11.2. The zero-order chi connectivity index (χ0) is 13.5. The van der Waals surface area contributed by atoms with Gasteiger partial charge in [-0.2, -0.15) is 0 Å². The van der Waals surface area contributed by atoms with Crippen molar-refractivity contribution in [2.75, 3.05) is 33.8 Å². The lowest BCUT2D eigenvalue weighted by molar-refractivity contribution is -0.884. The van der Waals surface area contributed by atoms with Crippen molar-refractivity contribution >= 4 is 11.9 Å². The highest BCUT2D eigenvalue weighted by molar-refractivity contribution is 5.71. The number of ether oxygens (including phenoxy) is 1. The Kier molecular flexibility index (Phi) is 6.80. The quantitative estimate of drug-likeness (QED) is 0.438. The summed E-state index contributed by atoms with van der Waals surface area (Å²) in [6.45, 7) is 4.49. The highest BCUT2D eigenvalue weighted by atomic mass is 16.5. The molecule has 0 aromatic rings. The first-order valence-electron chi connectivity index (χ1n) is 5.97. The second kappa shape index (κ2) is 7.27. The number of carbonyl (C=O) groups excluding carboxylic acids is 2. The molecule has 0 saturated carbocycles. The molecule has 0 aromatic carbocycles. The number of rotatable bonds is 8. The van der Waals surface area contributed by atoms with E-state index in [0.29, 0.717) is 6.54 Å². The molecule has 0 bridgehead atoms. The Morgan fingerprint density at radius 2 is 1.94 bits per heavy atom. The van der Waals surface area contributed by atoms with Crippen LogP contribution < -0.4 is 5.11 Å². The summed E-state index contributed by atoms with van der Waals surface area (Å²) in [6, 6.07) is 0. The number of likely N-dealkylation sites (N-methyl/N-ethyl adjacent to an activating group) is 1. The average Bonchev–Trinajstić information content (AvgIpc) is 2.15. The number of quaternary nitrogens is 1. The lowest BCUT2D eigenvalue weighted by Crippen LogP contribution is -2.50. The molecule has 0 aliphatic heterocycles. The summed E-state index contributed by atoms with van der Waals surface area (Å²) in [7, 11) is 3.53. The summed E-state index contributed by atoms with van der Waals surface area (Å²) in [5.74, 6) is -1.39. The molecule has 0 aliphatic carbocycles. The van der Waals surface area contributed by atoms with Gasteiger partial charge in [0.15, 0.2) is 0 Å². The van der Waals surface area contributed by atoms with E-state index in [0.717, 1.165) is 12.8 Å². The van der Waals surface area contributed by atoms with Crippen molar-refractivity contribution < 1.29 is 23.9 Å². The van der Waals surface area contributed by atoms with Gasteiger partial charge in [0.1, 0.15) is 19.7 Å². The highest BCUT2D eigenvalue weighted by Crippen LogP contribution is 2.07. The van der Waals surface area contributed by atoms with Crippen molar-refractivity contribution in [1.29, 1.82) is 0 Å². The molecule has 1 unspecified atom stereocenters. The van der Waals surface area contributed by atoms with E-state index < -0.39 is 5.97 Å². The van der Waals surface area contributed by atoms with Gasteiger partial charge in [-0.3, -0.25) is 4.79 Å². The van der Waals surface area contributed by atoms with E-state index in [1.54, 1.807) is 14.1 Å². The Morgan fingerprint density at radius 3 is 2.41 bits per heavy atom. The topological polar surface area (TPSA) is 66.4 Å². The maximum Gasteiger partial charge on any atom is 0.308 e. The molecule has 0 radical (unpaired) electrons. The molecule has 5 nitrogen and oxygen atoms in total. The molecule has 0 spiro atoms. The predicted molar refractivity (Wildman–Crippen MR) is 61.9 cm³/mol. The Hall–Kier alpha value is -1.10. The molecular formula is C12H23NO4. The maximum atomic E-state index is 11.5. The first-order valence-corrected chi connectivity index (χ1v) is 5.97. The van der Waals surface area contributed by atoms with E-state index in [2.05, 4.69) is 0 Å². The fraction of sp³-hybridized carbons (Fsp3) is 0.833. The summed E-state index contributed by atoms with van der Waals surface area (Å²) in [4.78, 5) is 22.0. The van der Waals surface area contributed by atoms with Crippen LogP contribution in [0.15, 0.2) is 0 Å². The fourth-order valence-corrected chi connectivity index (χ4v) is 1.52. The molecule has 0 aromatic heterocycles. The number of hydrogen-bond acceptors (Lipinski definition) is 4. The Morgan fingerprint density at radius 1 is 1.35 bits per heavy atom. The van der Waals surface area contributed by atoms with Gasteiger partial charge in [0.05, 0.1) is 26.0 Å². The van der Waals surface area contributed by atoms with Crippen molar-refractivity contribution in [3.63, 3.8) is 0 Å². The van der Waals surface area contributed by atoms with Crippen molar-refractivity contribution in [2.24, 2.45) is 5.92 Å². The van der Waals surface area contributed by atoms with Crippen LogP contribution in [-0.2, 0) is 14.3 Å². The van der Waals surface area contributed by atoms with Crippen LogP contribution in [-0.4, -0.2) is 50.2 Å². The molecule has 100 valence electrons. The number of carboxylic acids is 1. The van der Waals surface area contributed by atoms with Crippen LogP contribution in [0.4, 0.5) is 0 Å². The van der Waals surface area contributed by atoms with Crippen molar-refractivity contribution in [1.82, 2.24) is 0 Å². The van der Waals surface area contributed by atoms with Crippen LogP contribution in [0.5, 0.6) is 0 Å². The lowest BCUT2D eigenvalue weighted by atomic mass is 10.1. The van der Waals surface area contributed by atoms with Crippen molar-refractivity contribution in [2.45, 2.75) is 26.7 Å². The maximum absolute atomic E-state index is 11.5. The van der Waals surface area contributed by atoms with Gasteiger partial charge >= 0.3 is 5.97 Å². The second-order valence-electron chi connectivity index (χ2n) is 5.05. The monoisotopic (exact) mass is 245 g/mol. The summed E-state index contributed by atoms with van der Waals surface area (Å²) in [5.41, 5.74) is 0. The molecule has 0 fully saturated rings. The van der Waals surface area contributed by atoms with Crippen molar-refractivity contribution in [3.05, 3.63) is 0 Å². The molecule has 0 saturated heterocycles. The smallest absolute Gasteiger partial charge is 0.308 e. The third-order valence-corrected chi connectivity index (χ3v) is 2.62. The number of esters is 1. The van der Waals surface area contributed by atoms with Gasteiger partial charge in [0.2, 0.25) is 0 Å². The third kappa shape index (κ3) is 7.74. The van der Waals surface area contributed by atoms with E-state index >= 15 is 0 Å². The first kappa shape index (κ1) is 15.9. The third-order valence-electron chi connectivity index (χ3n) is 2.62. The molecule has 0 heterocycles. The summed E-state index contributed by atoms with van der Waals surface area (Å²) in [6.07, 6.45) is 1.76. The van der Waals surface area contributed by atoms with Crippen LogP contribution in [0.3, 0.4) is 0 Å². The van der Waals surface area contributed by atoms with E-state index in [9.17, 15) is 14.7 Å². The standard InChI is InChI=1S/C12H23NO4/c1-5-6-10(2)12(16)17-8-7-13(3,4)9-11(14)15/h10H,5-9H2,1-4H3. The Bertz CT molecular complexity index is 263. The SMILES string of the molecule is CCCC(C)C(=O)OCC[N+](C)(C)CC(=O)[O-].